The van der Waals surface area contributed by atoms with Crippen molar-refractivity contribution in [1.82, 2.24) is 0 Å². The monoisotopic (exact) mass is 577 g/mol. The molecule has 1 aliphatic carbocycles. The van der Waals surface area contributed by atoms with Crippen molar-refractivity contribution in [3.05, 3.63) is 163 Å². The number of hydrogen-bond acceptors (Lipinski definition) is 2. The van der Waals surface area contributed by atoms with E-state index in [0.29, 0.717) is 0 Å². The van der Waals surface area contributed by atoms with E-state index in [1.165, 1.54) is 49.5 Å². The Morgan fingerprint density at radius 2 is 1.11 bits per heavy atom. The largest absolute Gasteiger partial charge is 0.455 e. The molecule has 7 aromatic carbocycles. The molecule has 8 aromatic rings. The molecule has 0 aliphatic heterocycles. The second-order valence-corrected chi connectivity index (χ2v) is 12.5. The van der Waals surface area contributed by atoms with E-state index < -0.39 is 0 Å². The van der Waals surface area contributed by atoms with Crippen LogP contribution in [0, 0.1) is 0 Å². The van der Waals surface area contributed by atoms with Gasteiger partial charge in [-0.05, 0) is 81.1 Å². The fraction of sp³-hybridized carbons (Fsp3) is 0.0698. The van der Waals surface area contributed by atoms with Crippen molar-refractivity contribution in [3.8, 4) is 22.3 Å². The number of fused-ring (bicyclic) bond motifs is 10. The lowest BCUT2D eigenvalue weighted by Crippen LogP contribution is -2.15. The van der Waals surface area contributed by atoms with Crippen LogP contribution in [0.3, 0.4) is 0 Å². The average Bonchev–Trinajstić information content (AvgIpc) is 3.59. The predicted molar refractivity (Wildman–Crippen MR) is 189 cm³/mol. The third kappa shape index (κ3) is 3.82. The topological polar surface area (TPSA) is 16.4 Å². The summed E-state index contributed by atoms with van der Waals surface area (Å²) < 4.78 is 6.85. The van der Waals surface area contributed by atoms with Crippen LogP contribution in [0.1, 0.15) is 25.0 Å². The number of benzene rings is 7. The first-order valence-electron chi connectivity index (χ1n) is 15.6. The van der Waals surface area contributed by atoms with Crippen LogP contribution in [0.15, 0.2) is 156 Å². The summed E-state index contributed by atoms with van der Waals surface area (Å²) in [5.74, 6) is 0. The van der Waals surface area contributed by atoms with E-state index in [2.05, 4.69) is 170 Å². The highest BCUT2D eigenvalue weighted by Crippen LogP contribution is 2.56. The van der Waals surface area contributed by atoms with Crippen molar-refractivity contribution in [2.45, 2.75) is 19.3 Å². The Morgan fingerprint density at radius 3 is 1.89 bits per heavy atom. The van der Waals surface area contributed by atoms with Crippen LogP contribution in [0.25, 0.3) is 55.0 Å². The smallest absolute Gasteiger partial charge is 0.144 e. The SMILES string of the molecule is CC1(C)c2ccccc2-c2c1c1ccccc1c1c2oc2ccc(N(c3ccccc3)c3ccc(-c4ccccc4)cc3)cc21. The summed E-state index contributed by atoms with van der Waals surface area (Å²) in [6.07, 6.45) is 0. The Hall–Kier alpha value is -5.60. The molecule has 0 saturated heterocycles. The first kappa shape index (κ1) is 25.9. The number of nitrogens with zero attached hydrogens (tertiary/aromatic N) is 1. The van der Waals surface area contributed by atoms with Gasteiger partial charge in [-0.15, -0.1) is 0 Å². The van der Waals surface area contributed by atoms with Crippen molar-refractivity contribution in [2.75, 3.05) is 4.90 Å². The maximum absolute atomic E-state index is 6.85. The Labute approximate surface area is 262 Å². The standard InChI is InChI=1S/C43H31NO/c1-43(2)37-20-12-11-19-35(37)40-41(43)34-18-10-9-17-33(34)39-36-27-32(25-26-38(36)45-42(39)40)44(30-15-7-4-8-16-30)31-23-21-29(22-24-31)28-13-5-3-6-14-28/h3-27H,1-2H3. The summed E-state index contributed by atoms with van der Waals surface area (Å²) in [4.78, 5) is 2.33. The fourth-order valence-corrected chi connectivity index (χ4v) is 7.58. The number of anilines is 3. The van der Waals surface area contributed by atoms with E-state index in [4.69, 9.17) is 4.42 Å². The molecule has 0 bridgehead atoms. The lowest BCUT2D eigenvalue weighted by Gasteiger charge is -2.25. The third-order valence-electron chi connectivity index (χ3n) is 9.61. The molecule has 0 spiro atoms. The Morgan fingerprint density at radius 1 is 0.511 bits per heavy atom. The number of hydrogen-bond donors (Lipinski definition) is 0. The molecule has 0 amide bonds. The molecule has 1 heterocycles. The third-order valence-corrected chi connectivity index (χ3v) is 9.61. The van der Waals surface area contributed by atoms with Crippen LogP contribution in [-0.2, 0) is 5.41 Å². The highest BCUT2D eigenvalue weighted by molar-refractivity contribution is 6.25. The summed E-state index contributed by atoms with van der Waals surface area (Å²) in [5, 5.41) is 4.85. The van der Waals surface area contributed by atoms with Gasteiger partial charge < -0.3 is 9.32 Å². The zero-order chi connectivity index (χ0) is 30.1. The molecule has 0 saturated carbocycles. The molecule has 2 nitrogen and oxygen atoms in total. The van der Waals surface area contributed by atoms with Gasteiger partial charge >= 0.3 is 0 Å². The molecular weight excluding hydrogens is 546 g/mol. The highest BCUT2D eigenvalue weighted by atomic mass is 16.3. The van der Waals surface area contributed by atoms with Crippen LogP contribution < -0.4 is 4.90 Å². The second kappa shape index (κ2) is 9.70. The van der Waals surface area contributed by atoms with Crippen molar-refractivity contribution in [2.24, 2.45) is 0 Å². The Kier molecular flexibility index (Phi) is 5.58. The van der Waals surface area contributed by atoms with Crippen LogP contribution in [0.5, 0.6) is 0 Å². The van der Waals surface area contributed by atoms with Gasteiger partial charge in [0.2, 0.25) is 0 Å². The van der Waals surface area contributed by atoms with Gasteiger partial charge in [0.1, 0.15) is 11.2 Å². The van der Waals surface area contributed by atoms with Crippen LogP contribution >= 0.6 is 0 Å². The zero-order valence-corrected chi connectivity index (χ0v) is 25.3. The summed E-state index contributed by atoms with van der Waals surface area (Å²) >= 11 is 0. The van der Waals surface area contributed by atoms with E-state index in [-0.39, 0.29) is 5.41 Å². The van der Waals surface area contributed by atoms with Crippen LogP contribution in [0.4, 0.5) is 17.1 Å². The van der Waals surface area contributed by atoms with Crippen LogP contribution in [0.2, 0.25) is 0 Å². The van der Waals surface area contributed by atoms with Gasteiger partial charge in [-0.1, -0.05) is 123 Å². The van der Waals surface area contributed by atoms with Gasteiger partial charge in [0.05, 0.1) is 0 Å². The minimum absolute atomic E-state index is 0.125. The molecule has 1 aliphatic rings. The Bertz CT molecular complexity index is 2380. The van der Waals surface area contributed by atoms with Gasteiger partial charge in [-0.3, -0.25) is 0 Å². The van der Waals surface area contributed by atoms with E-state index in [1.54, 1.807) is 0 Å². The van der Waals surface area contributed by atoms with E-state index in [1.807, 2.05) is 0 Å². The van der Waals surface area contributed by atoms with Gasteiger partial charge in [0.25, 0.3) is 0 Å². The van der Waals surface area contributed by atoms with Crippen molar-refractivity contribution >= 4 is 49.8 Å². The fourth-order valence-electron chi connectivity index (χ4n) is 7.58. The maximum atomic E-state index is 6.85. The zero-order valence-electron chi connectivity index (χ0n) is 25.3. The minimum Gasteiger partial charge on any atom is -0.455 e. The van der Waals surface area contributed by atoms with Gasteiger partial charge in [-0.25, -0.2) is 0 Å². The first-order chi connectivity index (χ1) is 22.1. The molecule has 0 unspecified atom stereocenters. The second-order valence-electron chi connectivity index (χ2n) is 12.5. The number of furan rings is 1. The van der Waals surface area contributed by atoms with Crippen molar-refractivity contribution in [1.29, 1.82) is 0 Å². The first-order valence-corrected chi connectivity index (χ1v) is 15.6. The molecule has 0 fully saturated rings. The lowest BCUT2D eigenvalue weighted by atomic mass is 9.79. The van der Waals surface area contributed by atoms with Gasteiger partial charge in [-0.2, -0.15) is 0 Å². The molecule has 0 atom stereocenters. The van der Waals surface area contributed by atoms with Gasteiger partial charge in [0.15, 0.2) is 0 Å². The Balaban J connectivity index is 1.29. The maximum Gasteiger partial charge on any atom is 0.144 e. The summed E-state index contributed by atoms with van der Waals surface area (Å²) in [7, 11) is 0. The molecule has 2 heteroatoms. The summed E-state index contributed by atoms with van der Waals surface area (Å²) in [5.41, 5.74) is 12.7. The summed E-state index contributed by atoms with van der Waals surface area (Å²) in [6, 6.07) is 54.3. The molecule has 0 N–H and O–H groups in total. The summed E-state index contributed by atoms with van der Waals surface area (Å²) in [6.45, 7) is 4.69. The van der Waals surface area contributed by atoms with E-state index in [0.717, 1.165) is 33.6 Å². The van der Waals surface area contributed by atoms with Crippen LogP contribution in [-0.4, -0.2) is 0 Å². The minimum atomic E-state index is -0.125. The van der Waals surface area contributed by atoms with Crippen molar-refractivity contribution < 1.29 is 4.42 Å². The predicted octanol–water partition coefficient (Wildman–Crippen LogP) is 12.2. The molecule has 0 radical (unpaired) electrons. The van der Waals surface area contributed by atoms with E-state index >= 15 is 0 Å². The number of rotatable bonds is 4. The van der Waals surface area contributed by atoms with Crippen molar-refractivity contribution in [3.63, 3.8) is 0 Å². The van der Waals surface area contributed by atoms with Gasteiger partial charge in [0, 0.05) is 38.8 Å². The molecule has 1 aromatic heterocycles. The molecular formula is C43H31NO. The highest BCUT2D eigenvalue weighted by Gasteiger charge is 2.39. The number of para-hydroxylation sites is 1. The molecule has 9 rings (SSSR count). The normalized spacial score (nSPS) is 13.3. The van der Waals surface area contributed by atoms with E-state index in [9.17, 15) is 0 Å². The lowest BCUT2D eigenvalue weighted by molar-refractivity contribution is 0.657. The molecule has 45 heavy (non-hydrogen) atoms. The quantitative estimate of drug-likeness (QED) is 0.207. The molecule has 214 valence electrons. The average molecular weight is 578 g/mol.